The van der Waals surface area contributed by atoms with Gasteiger partial charge in [-0.3, -0.25) is 4.98 Å². The van der Waals surface area contributed by atoms with Crippen molar-refractivity contribution in [3.05, 3.63) is 64.2 Å². The number of carbonyl (C=O) groups excluding carboxylic acids is 2. The zero-order valence-corrected chi connectivity index (χ0v) is 23.3. The van der Waals surface area contributed by atoms with Crippen molar-refractivity contribution < 1.29 is 30.0 Å². The fraction of sp³-hybridized carbons (Fsp3) is 0.379. The number of aliphatic hydroxyl groups is 3. The van der Waals surface area contributed by atoms with Crippen molar-refractivity contribution in [1.82, 2.24) is 9.88 Å². The fourth-order valence-corrected chi connectivity index (χ4v) is 6.59. The number of hydrogen-bond acceptors (Lipinski definition) is 11. The van der Waals surface area contributed by atoms with Gasteiger partial charge in [-0.2, -0.15) is 0 Å². The number of carbonyl (C=O) groups is 2. The van der Waals surface area contributed by atoms with E-state index in [2.05, 4.69) is 10.3 Å². The molecule has 12 heteroatoms. The number of aliphatic hydroxyl groups excluding tert-OH is 2. The average molecular weight is 558 g/mol. The Kier molecular flexibility index (Phi) is 6.95. The number of nitrogens with one attached hydrogen (secondary N) is 1. The van der Waals surface area contributed by atoms with Gasteiger partial charge in [-0.15, -0.1) is 0 Å². The number of phenolic OH excluding ortho intramolecular Hbond substituents is 1. The molecule has 0 saturated heterocycles. The first-order valence-electron chi connectivity index (χ1n) is 13.2. The van der Waals surface area contributed by atoms with Gasteiger partial charge in [0, 0.05) is 12.4 Å². The molecule has 1 saturated carbocycles. The number of hydrogen-bond donors (Lipinski definition) is 6. The topological polar surface area (TPSA) is 172 Å². The van der Waals surface area contributed by atoms with E-state index >= 15 is 0 Å². The van der Waals surface area contributed by atoms with Gasteiger partial charge in [0.1, 0.15) is 0 Å². The molecule has 11 nitrogen and oxygen atoms in total. The predicted octanol–water partition coefficient (Wildman–Crippen LogP) is 0.809. The molecular weight excluding hydrogens is 525 g/mol. The van der Waals surface area contributed by atoms with Crippen molar-refractivity contribution in [2.45, 2.75) is 31.0 Å². The van der Waals surface area contributed by atoms with E-state index < -0.39 is 57.7 Å². The van der Waals surface area contributed by atoms with Crippen molar-refractivity contribution >= 4 is 41.8 Å². The standard InChI is InChI=1S/C29H33BN5O6/c1-34(2)18-10-14(11-33-15-6-5-7-32-12-15)23(36)20-16(18)8-13-9-17-22(35(3)4)25(38)21(28(30)31)27(40)29(17,41)26(39)19(13)24(20)37/h5-7,10,12-13,17,22,33,36-37,40-41H,8-9,11,31H2,1-4H3/t13-,17-,22?,29-/m0/s1. The maximum absolute atomic E-state index is 14.1. The first-order valence-corrected chi connectivity index (χ1v) is 13.2. The molecule has 2 aromatic rings. The van der Waals surface area contributed by atoms with Gasteiger partial charge in [-0.1, -0.05) is 0 Å². The molecule has 1 fully saturated rings. The average Bonchev–Trinajstić information content (AvgIpc) is 2.90. The molecule has 0 spiro atoms. The van der Waals surface area contributed by atoms with Crippen LogP contribution in [0.25, 0.3) is 5.76 Å². The molecule has 1 heterocycles. The molecule has 0 bridgehead atoms. The second kappa shape index (κ2) is 10.0. The van der Waals surface area contributed by atoms with Crippen LogP contribution in [0.1, 0.15) is 23.1 Å². The maximum atomic E-state index is 14.1. The number of Topliss-reactive ketones (excluding diaryl/α,β-unsaturated/α-hetero) is 2. The first kappa shape index (κ1) is 28.4. The van der Waals surface area contributed by atoms with E-state index in [9.17, 15) is 30.0 Å². The summed E-state index contributed by atoms with van der Waals surface area (Å²) in [6, 6.07) is 4.41. The van der Waals surface area contributed by atoms with E-state index in [1.165, 1.54) is 0 Å². The van der Waals surface area contributed by atoms with Crippen molar-refractivity contribution in [2.75, 3.05) is 38.4 Å². The van der Waals surface area contributed by atoms with Crippen LogP contribution in [-0.2, 0) is 22.6 Å². The minimum absolute atomic E-state index is 0.0884. The molecule has 0 amide bonds. The number of aromatic hydroxyl groups is 1. The molecule has 1 aromatic carbocycles. The normalized spacial score (nSPS) is 25.5. The third kappa shape index (κ3) is 4.20. The van der Waals surface area contributed by atoms with E-state index in [4.69, 9.17) is 13.2 Å². The van der Waals surface area contributed by atoms with Gasteiger partial charge in [0.15, 0.2) is 0 Å². The van der Waals surface area contributed by atoms with Gasteiger partial charge < -0.3 is 0 Å². The summed E-state index contributed by atoms with van der Waals surface area (Å²) in [5.74, 6) is -4.80. The summed E-state index contributed by atoms with van der Waals surface area (Å²) in [6.45, 7) is 0.197. The summed E-state index contributed by atoms with van der Waals surface area (Å²) in [6.07, 6.45) is 3.63. The van der Waals surface area contributed by atoms with E-state index in [1.807, 2.05) is 31.1 Å². The zero-order valence-electron chi connectivity index (χ0n) is 23.3. The number of pyridine rings is 1. The van der Waals surface area contributed by atoms with Crippen LogP contribution in [0.15, 0.2) is 47.5 Å². The number of likely N-dealkylation sites (N-methyl/N-ethyl adjacent to an activating group) is 1. The van der Waals surface area contributed by atoms with Crippen molar-refractivity contribution in [3.8, 4) is 5.75 Å². The molecule has 3 aliphatic rings. The predicted molar refractivity (Wildman–Crippen MR) is 156 cm³/mol. The van der Waals surface area contributed by atoms with Crippen LogP contribution in [0.4, 0.5) is 11.4 Å². The Morgan fingerprint density at radius 2 is 1.93 bits per heavy atom. The Balaban J connectivity index is 1.68. The second-order valence-electron chi connectivity index (χ2n) is 11.3. The number of nitrogens with two attached hydrogens (primary N) is 1. The van der Waals surface area contributed by atoms with Gasteiger partial charge in [0.2, 0.25) is 0 Å². The number of ketones is 2. The molecule has 0 aliphatic heterocycles. The van der Waals surface area contributed by atoms with Crippen molar-refractivity contribution in [3.63, 3.8) is 0 Å². The molecule has 7 N–H and O–H groups in total. The monoisotopic (exact) mass is 558 g/mol. The van der Waals surface area contributed by atoms with Gasteiger partial charge in [0.05, 0.1) is 5.69 Å². The number of aromatic nitrogens is 1. The van der Waals surface area contributed by atoms with Gasteiger partial charge in [-0.25, -0.2) is 0 Å². The number of anilines is 2. The summed E-state index contributed by atoms with van der Waals surface area (Å²) in [7, 11) is 12.7. The van der Waals surface area contributed by atoms with Crippen LogP contribution < -0.4 is 16.0 Å². The third-order valence-electron chi connectivity index (χ3n) is 8.44. The van der Waals surface area contributed by atoms with Crippen LogP contribution >= 0.6 is 0 Å². The van der Waals surface area contributed by atoms with Gasteiger partial charge in [-0.05, 0) is 12.1 Å². The van der Waals surface area contributed by atoms with Crippen molar-refractivity contribution in [2.24, 2.45) is 17.6 Å². The van der Waals surface area contributed by atoms with E-state index in [-0.39, 0.29) is 36.3 Å². The van der Waals surface area contributed by atoms with Gasteiger partial charge >= 0.3 is 203 Å². The molecule has 1 unspecified atom stereocenters. The second-order valence-corrected chi connectivity index (χ2v) is 11.3. The fourth-order valence-electron chi connectivity index (χ4n) is 6.59. The molecule has 41 heavy (non-hydrogen) atoms. The molecule has 1 radical (unpaired) electrons. The number of fused-ring (bicyclic) bond motifs is 3. The summed E-state index contributed by atoms with van der Waals surface area (Å²) >= 11 is 0. The minimum atomic E-state index is -2.56. The molecular formula is C29H33BN5O6. The molecule has 4 atom stereocenters. The van der Waals surface area contributed by atoms with E-state index in [0.717, 1.165) is 11.4 Å². The molecule has 213 valence electrons. The van der Waals surface area contributed by atoms with Gasteiger partial charge in [0.25, 0.3) is 0 Å². The molecule has 5 rings (SSSR count). The Bertz CT molecular complexity index is 1540. The number of rotatable bonds is 6. The van der Waals surface area contributed by atoms with E-state index in [1.54, 1.807) is 37.5 Å². The quantitative estimate of drug-likeness (QED) is 0.277. The summed E-state index contributed by atoms with van der Waals surface area (Å²) < 4.78 is 0. The number of nitrogens with zero attached hydrogens (tertiary/aromatic N) is 3. The Morgan fingerprint density at radius 3 is 2.51 bits per heavy atom. The zero-order chi connectivity index (χ0) is 30.0. The van der Waals surface area contributed by atoms with Crippen LogP contribution in [-0.4, -0.2) is 94.8 Å². The van der Waals surface area contributed by atoms with Crippen LogP contribution in [0.2, 0.25) is 0 Å². The summed E-state index contributed by atoms with van der Waals surface area (Å²) in [5, 5.41) is 49.2. The van der Waals surface area contributed by atoms with Crippen LogP contribution in [0.3, 0.4) is 0 Å². The summed E-state index contributed by atoms with van der Waals surface area (Å²) in [4.78, 5) is 35.0. The Hall–Kier alpha value is -4.16. The molecule has 3 aliphatic carbocycles. The molecule has 1 aromatic heterocycles. The van der Waals surface area contributed by atoms with Crippen LogP contribution in [0.5, 0.6) is 5.75 Å². The number of benzene rings is 1. The van der Waals surface area contributed by atoms with Crippen LogP contribution in [0, 0.1) is 11.8 Å². The Morgan fingerprint density at radius 1 is 1.22 bits per heavy atom. The first-order chi connectivity index (χ1) is 19.3. The SMILES string of the molecule is [B]=C(N)C1=C(O)[C@@]2(O)C(=O)C3=C(O)c4c(O)c(CNc5cccnc5)cc(N(C)C)c4C[C@H]3C[C@H]2C(N(C)C)C1=O. The number of phenols is 1. The van der Waals surface area contributed by atoms with Crippen molar-refractivity contribution in [1.29, 1.82) is 0 Å². The van der Waals surface area contributed by atoms with E-state index in [0.29, 0.717) is 11.1 Å². The summed E-state index contributed by atoms with van der Waals surface area (Å²) in [5.41, 5.74) is 4.66. The Labute approximate surface area is 238 Å². The third-order valence-corrected chi connectivity index (χ3v) is 8.44.